The second-order valence-corrected chi connectivity index (χ2v) is 5.63. The quantitative estimate of drug-likeness (QED) is 0.887. The summed E-state index contributed by atoms with van der Waals surface area (Å²) >= 11 is 0. The third kappa shape index (κ3) is 2.22. The summed E-state index contributed by atoms with van der Waals surface area (Å²) in [4.78, 5) is 11.9. The highest BCUT2D eigenvalue weighted by molar-refractivity contribution is 5.90. The van der Waals surface area contributed by atoms with Crippen molar-refractivity contribution < 1.29 is 4.79 Å². The highest BCUT2D eigenvalue weighted by Gasteiger charge is 2.59. The van der Waals surface area contributed by atoms with E-state index in [9.17, 15) is 4.79 Å². The van der Waals surface area contributed by atoms with Gasteiger partial charge in [0.1, 0.15) is 0 Å². The molecule has 102 valence electrons. The van der Waals surface area contributed by atoms with Gasteiger partial charge in [0.25, 0.3) is 0 Å². The maximum atomic E-state index is 11.9. The Balaban J connectivity index is 1.72. The first-order valence-electron chi connectivity index (χ1n) is 7.13. The van der Waals surface area contributed by atoms with Gasteiger partial charge in [0.15, 0.2) is 0 Å². The fraction of sp³-hybridized carbons (Fsp3) is 0.278. The van der Waals surface area contributed by atoms with Crippen molar-refractivity contribution in [2.45, 2.75) is 24.7 Å². The average molecular weight is 265 g/mol. The largest absolute Gasteiger partial charge is 0.369 e. The predicted octanol–water partition coefficient (Wildman–Crippen LogP) is 3.06. The molecule has 2 unspecified atom stereocenters. The SMILES string of the molecule is NC(=O)C1(c2ccccc2)CC1CCc1ccccc1. The second-order valence-electron chi connectivity index (χ2n) is 5.63. The maximum absolute atomic E-state index is 11.9. The number of hydrogen-bond acceptors (Lipinski definition) is 1. The highest BCUT2D eigenvalue weighted by atomic mass is 16.1. The third-order valence-corrected chi connectivity index (χ3v) is 4.46. The number of carbonyl (C=O) groups is 1. The summed E-state index contributed by atoms with van der Waals surface area (Å²) in [6, 6.07) is 20.4. The number of amides is 1. The van der Waals surface area contributed by atoms with E-state index in [0.717, 1.165) is 24.8 Å². The van der Waals surface area contributed by atoms with Gasteiger partial charge in [0.2, 0.25) is 5.91 Å². The topological polar surface area (TPSA) is 43.1 Å². The molecule has 2 heteroatoms. The van der Waals surface area contributed by atoms with E-state index < -0.39 is 5.41 Å². The Hall–Kier alpha value is -2.09. The summed E-state index contributed by atoms with van der Waals surface area (Å²) in [5.74, 6) is 0.198. The minimum atomic E-state index is -0.421. The van der Waals surface area contributed by atoms with E-state index in [-0.39, 0.29) is 5.91 Å². The van der Waals surface area contributed by atoms with Gasteiger partial charge in [-0.2, -0.15) is 0 Å². The molecule has 2 aromatic rings. The molecule has 0 heterocycles. The van der Waals surface area contributed by atoms with Gasteiger partial charge < -0.3 is 5.73 Å². The Morgan fingerprint density at radius 2 is 1.65 bits per heavy atom. The lowest BCUT2D eigenvalue weighted by Gasteiger charge is -2.14. The normalized spacial score (nSPS) is 24.3. The van der Waals surface area contributed by atoms with Crippen LogP contribution in [-0.2, 0) is 16.6 Å². The van der Waals surface area contributed by atoms with Gasteiger partial charge >= 0.3 is 0 Å². The number of hydrogen-bond donors (Lipinski definition) is 1. The molecule has 2 nitrogen and oxygen atoms in total. The van der Waals surface area contributed by atoms with Crippen molar-refractivity contribution in [2.24, 2.45) is 11.7 Å². The van der Waals surface area contributed by atoms with Crippen LogP contribution < -0.4 is 5.73 Å². The molecule has 1 saturated carbocycles. The fourth-order valence-corrected chi connectivity index (χ4v) is 3.20. The first kappa shape index (κ1) is 12.9. The van der Waals surface area contributed by atoms with Gasteiger partial charge in [-0.15, -0.1) is 0 Å². The second kappa shape index (κ2) is 5.12. The molecule has 1 aliphatic carbocycles. The Morgan fingerprint density at radius 3 is 2.25 bits per heavy atom. The van der Waals surface area contributed by atoms with Crippen molar-refractivity contribution >= 4 is 5.91 Å². The van der Waals surface area contributed by atoms with Crippen LogP contribution in [0.1, 0.15) is 24.0 Å². The van der Waals surface area contributed by atoms with Crippen LogP contribution in [0, 0.1) is 5.92 Å². The lowest BCUT2D eigenvalue weighted by Crippen LogP contribution is -2.30. The van der Waals surface area contributed by atoms with Crippen LogP contribution >= 0.6 is 0 Å². The summed E-state index contributed by atoms with van der Waals surface area (Å²) in [7, 11) is 0. The summed E-state index contributed by atoms with van der Waals surface area (Å²) in [5.41, 5.74) is 7.66. The van der Waals surface area contributed by atoms with E-state index in [4.69, 9.17) is 5.73 Å². The molecule has 0 aromatic heterocycles. The number of aryl methyl sites for hydroxylation is 1. The number of carbonyl (C=O) groups excluding carboxylic acids is 1. The summed E-state index contributed by atoms with van der Waals surface area (Å²) in [6.45, 7) is 0. The molecule has 1 amide bonds. The van der Waals surface area contributed by atoms with Crippen LogP contribution in [0.4, 0.5) is 0 Å². The lowest BCUT2D eigenvalue weighted by atomic mass is 9.90. The van der Waals surface area contributed by atoms with Gasteiger partial charge in [-0.1, -0.05) is 60.7 Å². The molecule has 0 spiro atoms. The highest BCUT2D eigenvalue weighted by Crippen LogP contribution is 2.56. The van der Waals surface area contributed by atoms with Crippen molar-refractivity contribution in [3.63, 3.8) is 0 Å². The number of primary amides is 1. The van der Waals surface area contributed by atoms with Gasteiger partial charge in [-0.3, -0.25) is 4.79 Å². The van der Waals surface area contributed by atoms with E-state index in [1.807, 2.05) is 36.4 Å². The standard InChI is InChI=1S/C18H19NO/c19-17(20)18(15-9-5-2-6-10-15)13-16(18)12-11-14-7-3-1-4-8-14/h1-10,16H,11-13H2,(H2,19,20). The summed E-state index contributed by atoms with van der Waals surface area (Å²) < 4.78 is 0. The minimum Gasteiger partial charge on any atom is -0.369 e. The zero-order chi connectivity index (χ0) is 14.0. The van der Waals surface area contributed by atoms with Crippen molar-refractivity contribution in [1.29, 1.82) is 0 Å². The molecule has 0 bridgehead atoms. The molecular formula is C18H19NO. The van der Waals surface area contributed by atoms with Crippen molar-refractivity contribution in [2.75, 3.05) is 0 Å². The van der Waals surface area contributed by atoms with Gasteiger partial charge in [-0.05, 0) is 36.3 Å². The van der Waals surface area contributed by atoms with Gasteiger partial charge in [-0.25, -0.2) is 0 Å². The summed E-state index contributed by atoms with van der Waals surface area (Å²) in [6.07, 6.45) is 2.91. The molecule has 0 radical (unpaired) electrons. The molecule has 0 aliphatic heterocycles. The lowest BCUT2D eigenvalue weighted by molar-refractivity contribution is -0.120. The van der Waals surface area contributed by atoms with Gasteiger partial charge in [0, 0.05) is 0 Å². The van der Waals surface area contributed by atoms with E-state index in [0.29, 0.717) is 5.92 Å². The first-order valence-corrected chi connectivity index (χ1v) is 7.13. The third-order valence-electron chi connectivity index (χ3n) is 4.46. The van der Waals surface area contributed by atoms with Crippen LogP contribution in [0.15, 0.2) is 60.7 Å². The first-order chi connectivity index (χ1) is 9.73. The zero-order valence-electron chi connectivity index (χ0n) is 11.5. The van der Waals surface area contributed by atoms with Crippen molar-refractivity contribution in [1.82, 2.24) is 0 Å². The average Bonchev–Trinajstić information content (AvgIpc) is 3.23. The number of rotatable bonds is 5. The Labute approximate surface area is 119 Å². The maximum Gasteiger partial charge on any atom is 0.228 e. The molecule has 1 aliphatic rings. The predicted molar refractivity (Wildman–Crippen MR) is 80.2 cm³/mol. The summed E-state index contributed by atoms with van der Waals surface area (Å²) in [5, 5.41) is 0. The molecule has 2 N–H and O–H groups in total. The molecule has 2 atom stereocenters. The number of nitrogens with two attached hydrogens (primary N) is 1. The van der Waals surface area contributed by atoms with Crippen LogP contribution in [0.2, 0.25) is 0 Å². The van der Waals surface area contributed by atoms with E-state index in [1.165, 1.54) is 5.56 Å². The van der Waals surface area contributed by atoms with Crippen LogP contribution in [-0.4, -0.2) is 5.91 Å². The smallest absolute Gasteiger partial charge is 0.228 e. The van der Waals surface area contributed by atoms with Crippen LogP contribution in [0.25, 0.3) is 0 Å². The zero-order valence-corrected chi connectivity index (χ0v) is 11.5. The van der Waals surface area contributed by atoms with E-state index in [2.05, 4.69) is 24.3 Å². The Morgan fingerprint density at radius 1 is 1.05 bits per heavy atom. The molecule has 3 rings (SSSR count). The monoisotopic (exact) mass is 265 g/mol. The van der Waals surface area contributed by atoms with Crippen LogP contribution in [0.5, 0.6) is 0 Å². The molecule has 0 saturated heterocycles. The fourth-order valence-electron chi connectivity index (χ4n) is 3.20. The minimum absolute atomic E-state index is 0.179. The molecule has 1 fully saturated rings. The molecule has 2 aromatic carbocycles. The van der Waals surface area contributed by atoms with Crippen molar-refractivity contribution in [3.8, 4) is 0 Å². The number of benzene rings is 2. The van der Waals surface area contributed by atoms with E-state index >= 15 is 0 Å². The van der Waals surface area contributed by atoms with E-state index in [1.54, 1.807) is 0 Å². The van der Waals surface area contributed by atoms with Gasteiger partial charge in [0.05, 0.1) is 5.41 Å². The molecular weight excluding hydrogens is 246 g/mol. The Bertz CT molecular complexity index is 593. The Kier molecular flexibility index (Phi) is 3.31. The van der Waals surface area contributed by atoms with Crippen molar-refractivity contribution in [3.05, 3.63) is 71.8 Å². The molecule has 20 heavy (non-hydrogen) atoms. The van der Waals surface area contributed by atoms with Crippen LogP contribution in [0.3, 0.4) is 0 Å².